The molecule has 0 bridgehead atoms. The first-order valence-corrected chi connectivity index (χ1v) is 6.89. The van der Waals surface area contributed by atoms with Crippen molar-refractivity contribution < 1.29 is 14.4 Å². The predicted molar refractivity (Wildman–Crippen MR) is 74.5 cm³/mol. The fraction of sp³-hybridized carbons (Fsp3) is 0.467. The van der Waals surface area contributed by atoms with Gasteiger partial charge < -0.3 is 14.4 Å². The monoisotopic (exact) mass is 276 g/mol. The predicted octanol–water partition coefficient (Wildman–Crippen LogP) is 2.83. The Morgan fingerprint density at radius 2 is 2.25 bits per heavy atom. The summed E-state index contributed by atoms with van der Waals surface area (Å²) in [5.41, 5.74) is 1.16. The van der Waals surface area contributed by atoms with E-state index < -0.39 is 6.10 Å². The van der Waals surface area contributed by atoms with E-state index in [9.17, 15) is 5.11 Å². The minimum Gasteiger partial charge on any atom is -0.493 e. The van der Waals surface area contributed by atoms with Gasteiger partial charge in [0.15, 0.2) is 5.82 Å². The summed E-state index contributed by atoms with van der Waals surface area (Å²) in [6, 6.07) is 7.87. The molecule has 2 rings (SSSR count). The first-order valence-electron chi connectivity index (χ1n) is 6.89. The van der Waals surface area contributed by atoms with Crippen molar-refractivity contribution in [3.05, 3.63) is 41.5 Å². The highest BCUT2D eigenvalue weighted by molar-refractivity contribution is 5.27. The maximum absolute atomic E-state index is 9.75. The van der Waals surface area contributed by atoms with Gasteiger partial charge in [-0.2, -0.15) is 4.98 Å². The molecule has 1 N–H and O–H groups in total. The summed E-state index contributed by atoms with van der Waals surface area (Å²) in [6.45, 7) is 4.49. The third-order valence-corrected chi connectivity index (χ3v) is 2.92. The van der Waals surface area contributed by atoms with Crippen LogP contribution in [0, 0.1) is 6.92 Å². The molecule has 1 unspecified atom stereocenters. The lowest BCUT2D eigenvalue weighted by Crippen LogP contribution is -2.03. The molecule has 1 atom stereocenters. The van der Waals surface area contributed by atoms with Gasteiger partial charge in [-0.25, -0.2) is 0 Å². The van der Waals surface area contributed by atoms with Gasteiger partial charge in [-0.1, -0.05) is 30.6 Å². The van der Waals surface area contributed by atoms with E-state index in [-0.39, 0.29) is 0 Å². The van der Waals surface area contributed by atoms with Gasteiger partial charge in [-0.15, -0.1) is 0 Å². The number of aliphatic hydroxyl groups is 1. The van der Waals surface area contributed by atoms with E-state index in [1.54, 1.807) is 0 Å². The zero-order valence-electron chi connectivity index (χ0n) is 11.9. The largest absolute Gasteiger partial charge is 0.493 e. The molecule has 5 nitrogen and oxygen atoms in total. The van der Waals surface area contributed by atoms with Gasteiger partial charge in [0, 0.05) is 0 Å². The maximum Gasteiger partial charge on any atom is 0.230 e. The molecule has 0 saturated carbocycles. The molecule has 0 radical (unpaired) electrons. The highest BCUT2D eigenvalue weighted by atomic mass is 16.5. The number of aromatic nitrogens is 2. The number of hydrogen-bond donors (Lipinski definition) is 1. The molecule has 108 valence electrons. The molecule has 0 fully saturated rings. The molecule has 0 amide bonds. The van der Waals surface area contributed by atoms with E-state index in [1.165, 1.54) is 0 Å². The summed E-state index contributed by atoms with van der Waals surface area (Å²) in [5, 5.41) is 13.5. The van der Waals surface area contributed by atoms with E-state index in [2.05, 4.69) is 10.1 Å². The van der Waals surface area contributed by atoms with Gasteiger partial charge >= 0.3 is 0 Å². The third-order valence-electron chi connectivity index (χ3n) is 2.92. The zero-order chi connectivity index (χ0) is 14.4. The van der Waals surface area contributed by atoms with Gasteiger partial charge in [0.1, 0.15) is 11.9 Å². The second kappa shape index (κ2) is 7.05. The fourth-order valence-corrected chi connectivity index (χ4v) is 1.87. The Kier molecular flexibility index (Phi) is 5.12. The number of ether oxygens (including phenoxy) is 1. The Labute approximate surface area is 118 Å². The number of rotatable bonds is 7. The minimum absolute atomic E-state index is 0.359. The molecule has 0 saturated heterocycles. The first kappa shape index (κ1) is 14.5. The molecule has 1 heterocycles. The van der Waals surface area contributed by atoms with Gasteiger partial charge in [0.05, 0.1) is 13.0 Å². The summed E-state index contributed by atoms with van der Waals surface area (Å²) in [7, 11) is 0. The van der Waals surface area contributed by atoms with Crippen molar-refractivity contribution in [1.82, 2.24) is 10.1 Å². The van der Waals surface area contributed by atoms with Crippen molar-refractivity contribution >= 4 is 0 Å². The lowest BCUT2D eigenvalue weighted by molar-refractivity contribution is 0.152. The quantitative estimate of drug-likeness (QED) is 0.842. The molecule has 1 aromatic heterocycles. The van der Waals surface area contributed by atoms with Crippen LogP contribution in [-0.4, -0.2) is 21.9 Å². The number of aliphatic hydroxyl groups excluding tert-OH is 1. The molecule has 0 aliphatic carbocycles. The van der Waals surface area contributed by atoms with Crippen LogP contribution in [-0.2, 0) is 6.42 Å². The Balaban J connectivity index is 1.82. The van der Waals surface area contributed by atoms with E-state index in [0.29, 0.717) is 31.2 Å². The average Bonchev–Trinajstić information content (AvgIpc) is 2.88. The summed E-state index contributed by atoms with van der Waals surface area (Å²) in [4.78, 5) is 4.17. The standard InChI is InChI=1S/C15H20N2O3/c1-3-5-13(18)15-16-14(20-17-15)8-9-19-12-7-4-6-11(2)10-12/h4,6-7,10,13,18H,3,5,8-9H2,1-2H3. The number of aryl methyl sites for hydroxylation is 1. The van der Waals surface area contributed by atoms with Gasteiger partial charge in [-0.3, -0.25) is 0 Å². The van der Waals surface area contributed by atoms with Crippen molar-refractivity contribution in [3.63, 3.8) is 0 Å². The van der Waals surface area contributed by atoms with Crippen molar-refractivity contribution in [2.45, 2.75) is 39.2 Å². The molecule has 0 aliphatic rings. The molecule has 0 aliphatic heterocycles. The number of nitrogens with zero attached hydrogens (tertiary/aromatic N) is 2. The van der Waals surface area contributed by atoms with Crippen molar-refractivity contribution in [3.8, 4) is 5.75 Å². The number of benzene rings is 1. The summed E-state index contributed by atoms with van der Waals surface area (Å²) >= 11 is 0. The van der Waals surface area contributed by atoms with Crippen LogP contribution in [0.1, 0.15) is 43.1 Å². The molecular formula is C15H20N2O3. The summed E-state index contributed by atoms with van der Waals surface area (Å²) < 4.78 is 10.7. The summed E-state index contributed by atoms with van der Waals surface area (Å²) in [6.07, 6.45) is 1.40. The first-order chi connectivity index (χ1) is 9.69. The summed E-state index contributed by atoms with van der Waals surface area (Å²) in [5.74, 6) is 1.68. The van der Waals surface area contributed by atoms with E-state index in [0.717, 1.165) is 17.7 Å². The Morgan fingerprint density at radius 3 is 3.00 bits per heavy atom. The molecule has 20 heavy (non-hydrogen) atoms. The molecule has 0 spiro atoms. The van der Waals surface area contributed by atoms with Crippen LogP contribution in [0.2, 0.25) is 0 Å². The van der Waals surface area contributed by atoms with Gasteiger partial charge in [-0.05, 0) is 31.0 Å². The van der Waals surface area contributed by atoms with Crippen LogP contribution < -0.4 is 4.74 Å². The van der Waals surface area contributed by atoms with E-state index in [4.69, 9.17) is 9.26 Å². The lowest BCUT2D eigenvalue weighted by atomic mass is 10.2. The van der Waals surface area contributed by atoms with Crippen LogP contribution in [0.5, 0.6) is 5.75 Å². The fourth-order valence-electron chi connectivity index (χ4n) is 1.87. The zero-order valence-corrected chi connectivity index (χ0v) is 11.9. The lowest BCUT2D eigenvalue weighted by Gasteiger charge is -2.04. The third kappa shape index (κ3) is 4.06. The topological polar surface area (TPSA) is 68.4 Å². The minimum atomic E-state index is -0.643. The van der Waals surface area contributed by atoms with E-state index in [1.807, 2.05) is 38.1 Å². The molecule has 5 heteroatoms. The van der Waals surface area contributed by atoms with Crippen LogP contribution in [0.4, 0.5) is 0 Å². The van der Waals surface area contributed by atoms with Crippen LogP contribution in [0.15, 0.2) is 28.8 Å². The van der Waals surface area contributed by atoms with Crippen LogP contribution in [0.25, 0.3) is 0 Å². The van der Waals surface area contributed by atoms with Crippen molar-refractivity contribution in [1.29, 1.82) is 0 Å². The van der Waals surface area contributed by atoms with E-state index >= 15 is 0 Å². The number of hydrogen-bond acceptors (Lipinski definition) is 5. The van der Waals surface area contributed by atoms with Gasteiger partial charge in [0.25, 0.3) is 0 Å². The highest BCUT2D eigenvalue weighted by Crippen LogP contribution is 2.15. The Bertz CT molecular complexity index is 539. The smallest absolute Gasteiger partial charge is 0.230 e. The Hall–Kier alpha value is -1.88. The average molecular weight is 276 g/mol. The maximum atomic E-state index is 9.75. The molecule has 2 aromatic rings. The Morgan fingerprint density at radius 1 is 1.40 bits per heavy atom. The second-order valence-electron chi connectivity index (χ2n) is 4.77. The SMILES string of the molecule is CCCC(O)c1noc(CCOc2cccc(C)c2)n1. The highest BCUT2D eigenvalue weighted by Gasteiger charge is 2.14. The van der Waals surface area contributed by atoms with Crippen molar-refractivity contribution in [2.75, 3.05) is 6.61 Å². The normalized spacial score (nSPS) is 12.3. The van der Waals surface area contributed by atoms with Gasteiger partial charge in [0.2, 0.25) is 5.89 Å². The van der Waals surface area contributed by atoms with Crippen molar-refractivity contribution in [2.24, 2.45) is 0 Å². The second-order valence-corrected chi connectivity index (χ2v) is 4.77. The molecular weight excluding hydrogens is 256 g/mol. The molecule has 1 aromatic carbocycles. The van der Waals surface area contributed by atoms with Crippen LogP contribution >= 0.6 is 0 Å². The van der Waals surface area contributed by atoms with Crippen LogP contribution in [0.3, 0.4) is 0 Å².